The molecule has 0 aliphatic carbocycles. The standard InChI is InChI=1S/C22H26N2O4/c1-2-28-18-10-8-16(9-11-18)6-7-17-12-14-24(15-13-17)21(25)19-4-3-5-20(23-19)22(26)27/h3-5,8-11,17H,2,6-7,12-15H2,1H3,(H,26,27). The van der Waals surface area contributed by atoms with Gasteiger partial charge in [-0.1, -0.05) is 18.2 Å². The third kappa shape index (κ3) is 5.09. The number of nitrogens with zero attached hydrogens (tertiary/aromatic N) is 2. The van der Waals surface area contributed by atoms with Gasteiger partial charge in [-0.15, -0.1) is 0 Å². The number of likely N-dealkylation sites (tertiary alicyclic amines) is 1. The molecule has 0 unspecified atom stereocenters. The van der Waals surface area contributed by atoms with Crippen molar-refractivity contribution in [3.63, 3.8) is 0 Å². The molecule has 1 aromatic heterocycles. The molecule has 1 amide bonds. The molecule has 148 valence electrons. The van der Waals surface area contributed by atoms with E-state index in [1.807, 2.05) is 19.1 Å². The number of aryl methyl sites for hydroxylation is 1. The summed E-state index contributed by atoms with van der Waals surface area (Å²) in [6.45, 7) is 4.02. The summed E-state index contributed by atoms with van der Waals surface area (Å²) in [5.41, 5.74) is 1.40. The van der Waals surface area contributed by atoms with Gasteiger partial charge in [0.15, 0.2) is 0 Å². The van der Waals surface area contributed by atoms with Crippen molar-refractivity contribution in [1.82, 2.24) is 9.88 Å². The molecule has 0 spiro atoms. The van der Waals surface area contributed by atoms with Crippen LogP contribution in [0.15, 0.2) is 42.5 Å². The van der Waals surface area contributed by atoms with Crippen molar-refractivity contribution in [2.75, 3.05) is 19.7 Å². The summed E-state index contributed by atoms with van der Waals surface area (Å²) in [5.74, 6) is 0.184. The van der Waals surface area contributed by atoms with E-state index >= 15 is 0 Å². The number of ether oxygens (including phenoxy) is 1. The van der Waals surface area contributed by atoms with Gasteiger partial charge in [-0.25, -0.2) is 9.78 Å². The number of aromatic nitrogens is 1. The van der Waals surface area contributed by atoms with E-state index in [1.165, 1.54) is 11.6 Å². The number of hydrogen-bond donors (Lipinski definition) is 1. The number of piperidine rings is 1. The fourth-order valence-electron chi connectivity index (χ4n) is 3.55. The van der Waals surface area contributed by atoms with Gasteiger partial charge in [0.2, 0.25) is 0 Å². The molecule has 1 fully saturated rings. The van der Waals surface area contributed by atoms with Gasteiger partial charge in [0, 0.05) is 13.1 Å². The number of aromatic carboxylic acids is 1. The van der Waals surface area contributed by atoms with Crippen LogP contribution in [0.3, 0.4) is 0 Å². The van der Waals surface area contributed by atoms with E-state index in [4.69, 9.17) is 9.84 Å². The van der Waals surface area contributed by atoms with Crippen molar-refractivity contribution >= 4 is 11.9 Å². The maximum Gasteiger partial charge on any atom is 0.354 e. The lowest BCUT2D eigenvalue weighted by Gasteiger charge is -2.32. The van der Waals surface area contributed by atoms with Gasteiger partial charge in [0.25, 0.3) is 5.91 Å². The van der Waals surface area contributed by atoms with Crippen molar-refractivity contribution in [3.05, 3.63) is 59.4 Å². The minimum absolute atomic E-state index is 0.101. The molecule has 1 aliphatic rings. The van der Waals surface area contributed by atoms with Crippen LogP contribution < -0.4 is 4.74 Å². The molecule has 2 heterocycles. The number of carboxylic acids is 1. The molecule has 1 saturated heterocycles. The topological polar surface area (TPSA) is 79.7 Å². The Kier molecular flexibility index (Phi) is 6.63. The number of carbonyl (C=O) groups excluding carboxylic acids is 1. The van der Waals surface area contributed by atoms with E-state index in [0.29, 0.717) is 25.6 Å². The average molecular weight is 382 g/mol. The third-order valence-corrected chi connectivity index (χ3v) is 5.16. The zero-order valence-corrected chi connectivity index (χ0v) is 16.1. The predicted octanol–water partition coefficient (Wildman–Crippen LogP) is 3.66. The van der Waals surface area contributed by atoms with Crippen molar-refractivity contribution in [3.8, 4) is 5.75 Å². The summed E-state index contributed by atoms with van der Waals surface area (Å²) in [5, 5.41) is 9.04. The molecule has 3 rings (SSSR count). The summed E-state index contributed by atoms with van der Waals surface area (Å²) in [6, 6.07) is 12.8. The Morgan fingerprint density at radius 3 is 2.43 bits per heavy atom. The normalized spacial score (nSPS) is 14.7. The molecular formula is C22H26N2O4. The summed E-state index contributed by atoms with van der Waals surface area (Å²) in [7, 11) is 0. The fraction of sp³-hybridized carbons (Fsp3) is 0.409. The van der Waals surface area contributed by atoms with Crippen molar-refractivity contribution in [1.29, 1.82) is 0 Å². The van der Waals surface area contributed by atoms with Gasteiger partial charge in [-0.05, 0) is 68.4 Å². The van der Waals surface area contributed by atoms with Crippen LogP contribution in [0.5, 0.6) is 5.75 Å². The summed E-state index contributed by atoms with van der Waals surface area (Å²) in [4.78, 5) is 29.4. The molecule has 0 bridgehead atoms. The SMILES string of the molecule is CCOc1ccc(CCC2CCN(C(=O)c3cccc(C(=O)O)n3)CC2)cc1. The van der Waals surface area contributed by atoms with E-state index < -0.39 is 5.97 Å². The van der Waals surface area contributed by atoms with Gasteiger partial charge in [-0.2, -0.15) is 0 Å². The fourth-order valence-corrected chi connectivity index (χ4v) is 3.55. The van der Waals surface area contributed by atoms with E-state index in [0.717, 1.165) is 31.4 Å². The number of benzene rings is 1. The van der Waals surface area contributed by atoms with Crippen molar-refractivity contribution in [2.45, 2.75) is 32.6 Å². The first-order valence-electron chi connectivity index (χ1n) is 9.78. The highest BCUT2D eigenvalue weighted by molar-refractivity contribution is 5.94. The van der Waals surface area contributed by atoms with Gasteiger partial charge < -0.3 is 14.7 Å². The molecule has 1 aliphatic heterocycles. The summed E-state index contributed by atoms with van der Waals surface area (Å²) >= 11 is 0. The van der Waals surface area contributed by atoms with E-state index in [1.54, 1.807) is 17.0 Å². The minimum Gasteiger partial charge on any atom is -0.494 e. The van der Waals surface area contributed by atoms with Crippen LogP contribution in [-0.4, -0.2) is 46.6 Å². The molecule has 0 radical (unpaired) electrons. The van der Waals surface area contributed by atoms with Crippen LogP contribution in [0.4, 0.5) is 0 Å². The highest BCUT2D eigenvalue weighted by Gasteiger charge is 2.24. The first-order valence-corrected chi connectivity index (χ1v) is 9.78. The highest BCUT2D eigenvalue weighted by Crippen LogP contribution is 2.24. The molecule has 1 N–H and O–H groups in total. The molecule has 1 aromatic carbocycles. The maximum absolute atomic E-state index is 12.6. The van der Waals surface area contributed by atoms with Crippen LogP contribution in [0.25, 0.3) is 0 Å². The quantitative estimate of drug-likeness (QED) is 0.790. The number of rotatable bonds is 7. The Balaban J connectivity index is 1.48. The highest BCUT2D eigenvalue weighted by atomic mass is 16.5. The van der Waals surface area contributed by atoms with Gasteiger partial charge in [-0.3, -0.25) is 4.79 Å². The van der Waals surface area contributed by atoms with Gasteiger partial charge >= 0.3 is 5.97 Å². The Hall–Kier alpha value is -2.89. The first-order chi connectivity index (χ1) is 13.6. The molecule has 0 saturated carbocycles. The zero-order chi connectivity index (χ0) is 19.9. The number of pyridine rings is 1. The number of hydrogen-bond acceptors (Lipinski definition) is 4. The Bertz CT molecular complexity index is 812. The molecule has 2 aromatic rings. The maximum atomic E-state index is 12.6. The lowest BCUT2D eigenvalue weighted by atomic mass is 9.90. The van der Waals surface area contributed by atoms with E-state index in [-0.39, 0.29) is 17.3 Å². The molecule has 6 nitrogen and oxygen atoms in total. The smallest absolute Gasteiger partial charge is 0.354 e. The van der Waals surface area contributed by atoms with Crippen LogP contribution in [0.2, 0.25) is 0 Å². The Labute approximate surface area is 165 Å². The number of carbonyl (C=O) groups is 2. The average Bonchev–Trinajstić information content (AvgIpc) is 2.73. The second-order valence-electron chi connectivity index (χ2n) is 7.06. The van der Waals surface area contributed by atoms with Crippen molar-refractivity contribution in [2.24, 2.45) is 5.92 Å². The van der Waals surface area contributed by atoms with Crippen molar-refractivity contribution < 1.29 is 19.4 Å². The van der Waals surface area contributed by atoms with Gasteiger partial charge in [0.05, 0.1) is 6.61 Å². The van der Waals surface area contributed by atoms with Crippen LogP contribution in [0.1, 0.15) is 52.7 Å². The molecule has 28 heavy (non-hydrogen) atoms. The van der Waals surface area contributed by atoms with Crippen LogP contribution in [-0.2, 0) is 6.42 Å². The predicted molar refractivity (Wildman–Crippen MR) is 106 cm³/mol. The Morgan fingerprint density at radius 1 is 1.11 bits per heavy atom. The van der Waals surface area contributed by atoms with Gasteiger partial charge in [0.1, 0.15) is 17.1 Å². The van der Waals surface area contributed by atoms with E-state index in [9.17, 15) is 9.59 Å². The third-order valence-electron chi connectivity index (χ3n) is 5.16. The van der Waals surface area contributed by atoms with Crippen LogP contribution >= 0.6 is 0 Å². The lowest BCUT2D eigenvalue weighted by Crippen LogP contribution is -2.39. The molecular weight excluding hydrogens is 356 g/mol. The summed E-state index contributed by atoms with van der Waals surface area (Å²) < 4.78 is 5.47. The molecule has 0 atom stereocenters. The minimum atomic E-state index is -1.12. The van der Waals surface area contributed by atoms with E-state index in [2.05, 4.69) is 17.1 Å². The Morgan fingerprint density at radius 2 is 1.79 bits per heavy atom. The monoisotopic (exact) mass is 382 g/mol. The number of amides is 1. The lowest BCUT2D eigenvalue weighted by molar-refractivity contribution is 0.0677. The first kappa shape index (κ1) is 19.9. The van der Waals surface area contributed by atoms with Crippen LogP contribution in [0, 0.1) is 5.92 Å². The largest absolute Gasteiger partial charge is 0.494 e. The second-order valence-corrected chi connectivity index (χ2v) is 7.06. The number of carboxylic acid groups (broad SMARTS) is 1. The molecule has 6 heteroatoms. The zero-order valence-electron chi connectivity index (χ0n) is 16.1. The summed E-state index contributed by atoms with van der Waals surface area (Å²) in [6.07, 6.45) is 4.04. The second kappa shape index (κ2) is 9.35.